The zero-order chi connectivity index (χ0) is 20.4. The number of ether oxygens (including phenoxy) is 3. The van der Waals surface area contributed by atoms with Crippen molar-refractivity contribution in [3.8, 4) is 11.5 Å². The Labute approximate surface area is 153 Å². The van der Waals surface area contributed by atoms with Gasteiger partial charge in [0, 0.05) is 6.42 Å². The monoisotopic (exact) mass is 391 g/mol. The van der Waals surface area contributed by atoms with Gasteiger partial charge < -0.3 is 19.3 Å². The van der Waals surface area contributed by atoms with E-state index < -0.39 is 41.9 Å². The van der Waals surface area contributed by atoms with Gasteiger partial charge in [-0.25, -0.2) is 9.59 Å². The van der Waals surface area contributed by atoms with Crippen molar-refractivity contribution in [1.82, 2.24) is 4.90 Å². The summed E-state index contributed by atoms with van der Waals surface area (Å²) in [5, 5.41) is 9.33. The van der Waals surface area contributed by atoms with E-state index in [9.17, 15) is 27.9 Å². The number of alkyl halides is 3. The maximum absolute atomic E-state index is 12.2. The van der Waals surface area contributed by atoms with Crippen LogP contribution in [0.1, 0.15) is 27.2 Å². The van der Waals surface area contributed by atoms with Crippen molar-refractivity contribution >= 4 is 12.1 Å². The number of nitrogens with zero attached hydrogens (tertiary/aromatic N) is 1. The van der Waals surface area contributed by atoms with E-state index in [2.05, 4.69) is 4.74 Å². The Balaban J connectivity index is 2.03. The summed E-state index contributed by atoms with van der Waals surface area (Å²) in [6, 6.07) is 3.59. The van der Waals surface area contributed by atoms with Crippen LogP contribution in [0.15, 0.2) is 24.3 Å². The molecule has 150 valence electrons. The van der Waals surface area contributed by atoms with Gasteiger partial charge in [-0.2, -0.15) is 0 Å². The summed E-state index contributed by atoms with van der Waals surface area (Å²) in [6.45, 7) is 4.96. The molecule has 2 rings (SSSR count). The minimum Gasteiger partial charge on any atom is -0.488 e. The van der Waals surface area contributed by atoms with Gasteiger partial charge in [0.25, 0.3) is 0 Å². The molecule has 1 aromatic rings. The van der Waals surface area contributed by atoms with Gasteiger partial charge in [0.15, 0.2) is 0 Å². The molecule has 1 aliphatic rings. The molecule has 0 aromatic heterocycles. The van der Waals surface area contributed by atoms with E-state index in [-0.39, 0.29) is 18.7 Å². The highest BCUT2D eigenvalue weighted by Gasteiger charge is 2.42. The molecule has 0 saturated carbocycles. The maximum Gasteiger partial charge on any atom is 0.573 e. The Bertz CT molecular complexity index is 683. The van der Waals surface area contributed by atoms with Gasteiger partial charge >= 0.3 is 18.4 Å². The summed E-state index contributed by atoms with van der Waals surface area (Å²) in [5.41, 5.74) is -0.784. The fraction of sp³-hybridized carbons (Fsp3) is 0.529. The molecule has 0 unspecified atom stereocenters. The number of hydrogen-bond acceptors (Lipinski definition) is 5. The summed E-state index contributed by atoms with van der Waals surface area (Å²) < 4.78 is 51.1. The van der Waals surface area contributed by atoms with Crippen molar-refractivity contribution in [3.05, 3.63) is 24.3 Å². The number of carboxylic acid groups (broad SMARTS) is 1. The van der Waals surface area contributed by atoms with Crippen LogP contribution in [0.3, 0.4) is 0 Å². The Kier molecular flexibility index (Phi) is 5.76. The van der Waals surface area contributed by atoms with Crippen molar-refractivity contribution in [3.63, 3.8) is 0 Å². The van der Waals surface area contributed by atoms with Crippen LogP contribution in [0.25, 0.3) is 0 Å². The highest BCUT2D eigenvalue weighted by atomic mass is 19.4. The zero-order valence-corrected chi connectivity index (χ0v) is 14.9. The quantitative estimate of drug-likeness (QED) is 0.847. The van der Waals surface area contributed by atoms with Crippen LogP contribution in [0.4, 0.5) is 18.0 Å². The van der Waals surface area contributed by atoms with E-state index in [0.29, 0.717) is 0 Å². The minimum absolute atomic E-state index is 0.0211. The van der Waals surface area contributed by atoms with Crippen LogP contribution in [0, 0.1) is 0 Å². The van der Waals surface area contributed by atoms with E-state index in [1.807, 2.05) is 0 Å². The number of benzene rings is 1. The second-order valence-corrected chi connectivity index (χ2v) is 6.98. The lowest BCUT2D eigenvalue weighted by Crippen LogP contribution is -2.43. The first-order valence-electron chi connectivity index (χ1n) is 8.09. The van der Waals surface area contributed by atoms with Gasteiger partial charge in [0.1, 0.15) is 29.2 Å². The normalized spacial score (nSPS) is 20.3. The third-order valence-electron chi connectivity index (χ3n) is 3.54. The largest absolute Gasteiger partial charge is 0.573 e. The molecule has 2 atom stereocenters. The first-order chi connectivity index (χ1) is 12.3. The summed E-state index contributed by atoms with van der Waals surface area (Å²) in [7, 11) is 0. The molecule has 1 aromatic carbocycles. The standard InChI is InChI=1S/C17H20F3NO6/c1-16(2,3)27-15(24)21-9-12(8-13(21)14(22)23)25-10-4-6-11(7-5-10)26-17(18,19)20/h4-7,12-13H,8-9H2,1-3H3,(H,22,23)/t12-,13-/m0/s1. The van der Waals surface area contributed by atoms with Crippen LogP contribution in [0.5, 0.6) is 11.5 Å². The number of rotatable bonds is 4. The average Bonchev–Trinajstić information content (AvgIpc) is 2.90. The summed E-state index contributed by atoms with van der Waals surface area (Å²) in [6.07, 6.45) is -6.19. The van der Waals surface area contributed by atoms with E-state index in [0.717, 1.165) is 17.0 Å². The van der Waals surface area contributed by atoms with Crippen LogP contribution >= 0.6 is 0 Å². The Morgan fingerprint density at radius 2 is 1.67 bits per heavy atom. The molecular formula is C17H20F3NO6. The predicted molar refractivity (Wildman–Crippen MR) is 86.5 cm³/mol. The summed E-state index contributed by atoms with van der Waals surface area (Å²) in [5.74, 6) is -1.37. The number of carbonyl (C=O) groups is 2. The van der Waals surface area contributed by atoms with E-state index in [1.165, 1.54) is 12.1 Å². The van der Waals surface area contributed by atoms with Crippen LogP contribution in [-0.4, -0.2) is 52.7 Å². The molecule has 10 heteroatoms. The zero-order valence-electron chi connectivity index (χ0n) is 14.9. The summed E-state index contributed by atoms with van der Waals surface area (Å²) >= 11 is 0. The van der Waals surface area contributed by atoms with Crippen molar-refractivity contribution < 1.29 is 42.1 Å². The molecule has 0 spiro atoms. The van der Waals surface area contributed by atoms with Gasteiger partial charge in [-0.3, -0.25) is 4.90 Å². The van der Waals surface area contributed by atoms with Crippen molar-refractivity contribution in [2.45, 2.75) is 51.3 Å². The highest BCUT2D eigenvalue weighted by molar-refractivity contribution is 5.81. The number of hydrogen-bond donors (Lipinski definition) is 1. The van der Waals surface area contributed by atoms with Gasteiger partial charge in [-0.1, -0.05) is 0 Å². The predicted octanol–water partition coefficient (Wildman–Crippen LogP) is 3.43. The SMILES string of the molecule is CC(C)(C)OC(=O)N1C[C@@H](Oc2ccc(OC(F)(F)F)cc2)C[C@H]1C(=O)O. The Morgan fingerprint density at radius 3 is 2.15 bits per heavy atom. The van der Waals surface area contributed by atoms with Crippen LogP contribution in [0.2, 0.25) is 0 Å². The average molecular weight is 391 g/mol. The lowest BCUT2D eigenvalue weighted by Gasteiger charge is -2.26. The number of carboxylic acids is 1. The first-order valence-corrected chi connectivity index (χ1v) is 8.09. The highest BCUT2D eigenvalue weighted by Crippen LogP contribution is 2.28. The lowest BCUT2D eigenvalue weighted by molar-refractivity contribution is -0.274. The van der Waals surface area contributed by atoms with Gasteiger partial charge in [-0.05, 0) is 45.0 Å². The molecule has 1 heterocycles. The molecule has 0 aliphatic carbocycles. The van der Waals surface area contributed by atoms with Gasteiger partial charge in [0.2, 0.25) is 0 Å². The Hall–Kier alpha value is -2.65. The Morgan fingerprint density at radius 1 is 1.11 bits per heavy atom. The van der Waals surface area contributed by atoms with Crippen molar-refractivity contribution in [2.75, 3.05) is 6.54 Å². The van der Waals surface area contributed by atoms with E-state index in [4.69, 9.17) is 9.47 Å². The molecule has 1 saturated heterocycles. The molecule has 7 nitrogen and oxygen atoms in total. The molecule has 1 N–H and O–H groups in total. The topological polar surface area (TPSA) is 85.3 Å². The minimum atomic E-state index is -4.80. The fourth-order valence-corrected chi connectivity index (χ4v) is 2.55. The number of halogens is 3. The number of amides is 1. The fourth-order valence-electron chi connectivity index (χ4n) is 2.55. The van der Waals surface area contributed by atoms with Crippen molar-refractivity contribution in [2.24, 2.45) is 0 Å². The molecule has 27 heavy (non-hydrogen) atoms. The summed E-state index contributed by atoms with van der Waals surface area (Å²) in [4.78, 5) is 24.7. The third-order valence-corrected chi connectivity index (χ3v) is 3.54. The van der Waals surface area contributed by atoms with Crippen LogP contribution in [-0.2, 0) is 9.53 Å². The number of aliphatic carboxylic acids is 1. The smallest absolute Gasteiger partial charge is 0.488 e. The van der Waals surface area contributed by atoms with Crippen LogP contribution < -0.4 is 9.47 Å². The molecule has 1 amide bonds. The second-order valence-electron chi connectivity index (χ2n) is 6.98. The first kappa shape index (κ1) is 20.7. The molecule has 1 aliphatic heterocycles. The van der Waals surface area contributed by atoms with Crippen molar-refractivity contribution in [1.29, 1.82) is 0 Å². The second kappa shape index (κ2) is 7.53. The number of carbonyl (C=O) groups excluding carboxylic acids is 1. The molecule has 0 radical (unpaired) electrons. The number of likely N-dealkylation sites (tertiary alicyclic amines) is 1. The molecule has 0 bridgehead atoms. The van der Waals surface area contributed by atoms with E-state index >= 15 is 0 Å². The van der Waals surface area contributed by atoms with Gasteiger partial charge in [0.05, 0.1) is 6.54 Å². The molecule has 1 fully saturated rings. The van der Waals surface area contributed by atoms with Gasteiger partial charge in [-0.15, -0.1) is 13.2 Å². The maximum atomic E-state index is 12.2. The van der Waals surface area contributed by atoms with E-state index in [1.54, 1.807) is 20.8 Å². The lowest BCUT2D eigenvalue weighted by atomic mass is 10.2. The molecular weight excluding hydrogens is 371 g/mol. The third kappa shape index (κ3) is 6.22.